The molecule has 0 aliphatic carbocycles. The Balaban J connectivity index is 1.73. The quantitative estimate of drug-likeness (QED) is 0.111. The molecule has 1 aromatic heterocycles. The summed E-state index contributed by atoms with van der Waals surface area (Å²) in [6.07, 6.45) is 1.64. The zero-order valence-electron chi connectivity index (χ0n) is 22.9. The molecule has 3 aromatic carbocycles. The summed E-state index contributed by atoms with van der Waals surface area (Å²) in [5.41, 5.74) is 4.85. The topological polar surface area (TPSA) is 89.0 Å². The number of aryl methyl sites for hydroxylation is 3. The van der Waals surface area contributed by atoms with E-state index in [1.165, 1.54) is 16.2 Å². The van der Waals surface area contributed by atoms with Crippen LogP contribution in [0.3, 0.4) is 0 Å². The van der Waals surface area contributed by atoms with Crippen LogP contribution in [0.15, 0.2) is 72.8 Å². The minimum atomic E-state index is -0.934. The molecule has 1 saturated heterocycles. The lowest BCUT2D eigenvalue weighted by Gasteiger charge is -2.24. The standard InChI is InChI=1S/C32H30N2O5S/c1-6-14-39-23-13-12-22(17-24(23)38-7-2)28-26(29(35)21-10-8-18(3)9-11-21)30(36)31(37)34(28)32-33-27-20(5)15-19(4)16-25(27)40-32/h6,8-13,15-17,28,35H,1,7,14H2,2-5H3/b29-26+. The molecule has 1 aliphatic heterocycles. The van der Waals surface area contributed by atoms with E-state index in [-0.39, 0.29) is 17.9 Å². The molecule has 5 rings (SSSR count). The number of thiazole rings is 1. The van der Waals surface area contributed by atoms with Crippen LogP contribution >= 0.6 is 11.3 Å². The maximum atomic E-state index is 13.7. The van der Waals surface area contributed by atoms with Gasteiger partial charge in [0.05, 0.1) is 28.4 Å². The van der Waals surface area contributed by atoms with Crippen molar-refractivity contribution >= 4 is 44.1 Å². The monoisotopic (exact) mass is 554 g/mol. The van der Waals surface area contributed by atoms with Crippen LogP contribution in [0.4, 0.5) is 5.13 Å². The summed E-state index contributed by atoms with van der Waals surface area (Å²) < 4.78 is 12.5. The average molecular weight is 555 g/mol. The Bertz CT molecular complexity index is 1670. The van der Waals surface area contributed by atoms with Crippen LogP contribution in [0.1, 0.15) is 40.8 Å². The molecule has 0 saturated carbocycles. The number of aliphatic hydroxyl groups is 1. The zero-order valence-corrected chi connectivity index (χ0v) is 23.7. The van der Waals surface area contributed by atoms with Crippen molar-refractivity contribution in [3.63, 3.8) is 0 Å². The maximum absolute atomic E-state index is 13.7. The Morgan fingerprint density at radius 1 is 1.02 bits per heavy atom. The highest BCUT2D eigenvalue weighted by Crippen LogP contribution is 2.46. The summed E-state index contributed by atoms with van der Waals surface area (Å²) in [4.78, 5) is 33.5. The van der Waals surface area contributed by atoms with Crippen LogP contribution < -0.4 is 14.4 Å². The Hall–Kier alpha value is -4.43. The number of rotatable bonds is 8. The van der Waals surface area contributed by atoms with Gasteiger partial charge in [-0.2, -0.15) is 0 Å². The van der Waals surface area contributed by atoms with Crippen molar-refractivity contribution < 1.29 is 24.2 Å². The Morgan fingerprint density at radius 2 is 1.77 bits per heavy atom. The van der Waals surface area contributed by atoms with E-state index in [9.17, 15) is 14.7 Å². The van der Waals surface area contributed by atoms with E-state index in [0.29, 0.717) is 34.4 Å². The number of aliphatic hydroxyl groups excluding tert-OH is 1. The van der Waals surface area contributed by atoms with Gasteiger partial charge < -0.3 is 14.6 Å². The molecule has 1 aliphatic rings. The van der Waals surface area contributed by atoms with Crippen LogP contribution in [-0.2, 0) is 9.59 Å². The van der Waals surface area contributed by atoms with Crippen LogP contribution in [-0.4, -0.2) is 35.0 Å². The Labute approximate surface area is 237 Å². The minimum absolute atomic E-state index is 0.0109. The lowest BCUT2D eigenvalue weighted by Crippen LogP contribution is -2.29. The largest absolute Gasteiger partial charge is 0.507 e. The molecule has 0 spiro atoms. The molecule has 1 amide bonds. The molecule has 7 nitrogen and oxygen atoms in total. The highest BCUT2D eigenvalue weighted by Gasteiger charge is 2.48. The molecule has 4 aromatic rings. The number of hydrogen-bond acceptors (Lipinski definition) is 7. The fraction of sp³-hybridized carbons (Fsp3) is 0.219. The number of amides is 1. The van der Waals surface area contributed by atoms with Crippen LogP contribution in [0, 0.1) is 20.8 Å². The third-order valence-corrected chi connectivity index (χ3v) is 7.74. The highest BCUT2D eigenvalue weighted by molar-refractivity contribution is 7.22. The minimum Gasteiger partial charge on any atom is -0.507 e. The van der Waals surface area contributed by atoms with Gasteiger partial charge in [-0.15, -0.1) is 0 Å². The SMILES string of the molecule is C=CCOc1ccc(C2/C(=C(\O)c3ccc(C)cc3)C(=O)C(=O)N2c2nc3c(C)cc(C)cc3s2)cc1OCC. The smallest absolute Gasteiger partial charge is 0.301 e. The van der Waals surface area contributed by atoms with E-state index < -0.39 is 17.7 Å². The third-order valence-electron chi connectivity index (χ3n) is 6.73. The summed E-state index contributed by atoms with van der Waals surface area (Å²) in [6, 6.07) is 15.5. The lowest BCUT2D eigenvalue weighted by molar-refractivity contribution is -0.132. The van der Waals surface area contributed by atoms with Gasteiger partial charge in [-0.25, -0.2) is 4.98 Å². The number of nitrogens with zero attached hydrogens (tertiary/aromatic N) is 2. The number of hydrogen-bond donors (Lipinski definition) is 1. The molecule has 40 heavy (non-hydrogen) atoms. The van der Waals surface area contributed by atoms with Gasteiger partial charge in [-0.05, 0) is 62.6 Å². The summed E-state index contributed by atoms with van der Waals surface area (Å²) >= 11 is 1.34. The zero-order chi connectivity index (χ0) is 28.6. The normalized spacial score (nSPS) is 16.5. The predicted octanol–water partition coefficient (Wildman–Crippen LogP) is 6.81. The van der Waals surface area contributed by atoms with Crippen molar-refractivity contribution in [3.8, 4) is 11.5 Å². The van der Waals surface area contributed by atoms with E-state index in [1.54, 1.807) is 36.4 Å². The van der Waals surface area contributed by atoms with Gasteiger partial charge in [0.2, 0.25) is 0 Å². The average Bonchev–Trinajstić information content (AvgIpc) is 3.46. The van der Waals surface area contributed by atoms with Gasteiger partial charge in [-0.1, -0.05) is 66.0 Å². The van der Waals surface area contributed by atoms with Crippen LogP contribution in [0.25, 0.3) is 16.0 Å². The van der Waals surface area contributed by atoms with Crippen molar-refractivity contribution in [2.75, 3.05) is 18.1 Å². The van der Waals surface area contributed by atoms with Crippen molar-refractivity contribution in [1.82, 2.24) is 4.98 Å². The van der Waals surface area contributed by atoms with Gasteiger partial charge in [-0.3, -0.25) is 14.5 Å². The van der Waals surface area contributed by atoms with Gasteiger partial charge >= 0.3 is 5.91 Å². The maximum Gasteiger partial charge on any atom is 0.301 e. The van der Waals surface area contributed by atoms with Gasteiger partial charge in [0.25, 0.3) is 5.78 Å². The number of ether oxygens (including phenoxy) is 2. The first-order valence-corrected chi connectivity index (χ1v) is 13.8. The molecule has 1 atom stereocenters. The molecular formula is C32H30N2O5S. The number of Topliss-reactive ketones (excluding diaryl/α,β-unsaturated/α-hetero) is 1. The van der Waals surface area contributed by atoms with Crippen molar-refractivity contribution in [1.29, 1.82) is 0 Å². The molecule has 0 radical (unpaired) electrons. The van der Waals surface area contributed by atoms with E-state index >= 15 is 0 Å². The molecule has 1 fully saturated rings. The molecule has 8 heteroatoms. The number of carbonyl (C=O) groups excluding carboxylic acids is 2. The fourth-order valence-corrected chi connectivity index (χ4v) is 6.07. The number of aromatic nitrogens is 1. The predicted molar refractivity (Wildman–Crippen MR) is 158 cm³/mol. The summed E-state index contributed by atoms with van der Waals surface area (Å²) in [5.74, 6) is -0.813. The summed E-state index contributed by atoms with van der Waals surface area (Å²) in [6.45, 7) is 12.1. The van der Waals surface area contributed by atoms with E-state index in [4.69, 9.17) is 14.5 Å². The number of fused-ring (bicyclic) bond motifs is 1. The van der Waals surface area contributed by atoms with Crippen molar-refractivity contribution in [2.24, 2.45) is 0 Å². The van der Waals surface area contributed by atoms with Gasteiger partial charge in [0, 0.05) is 5.56 Å². The fourth-order valence-electron chi connectivity index (χ4n) is 4.91. The first-order chi connectivity index (χ1) is 19.2. The second kappa shape index (κ2) is 11.0. The van der Waals surface area contributed by atoms with E-state index in [2.05, 4.69) is 6.58 Å². The van der Waals surface area contributed by atoms with Crippen LogP contribution in [0.5, 0.6) is 11.5 Å². The third kappa shape index (κ3) is 4.86. The molecule has 1 N–H and O–H groups in total. The van der Waals surface area contributed by atoms with Gasteiger partial charge in [0.15, 0.2) is 16.6 Å². The summed E-state index contributed by atoms with van der Waals surface area (Å²) in [5, 5.41) is 11.8. The Morgan fingerprint density at radius 3 is 2.48 bits per heavy atom. The second-order valence-electron chi connectivity index (χ2n) is 9.70. The van der Waals surface area contributed by atoms with Crippen molar-refractivity contribution in [3.05, 3.63) is 101 Å². The highest BCUT2D eigenvalue weighted by atomic mass is 32.1. The first-order valence-electron chi connectivity index (χ1n) is 13.0. The molecule has 204 valence electrons. The summed E-state index contributed by atoms with van der Waals surface area (Å²) in [7, 11) is 0. The first kappa shape index (κ1) is 27.1. The van der Waals surface area contributed by atoms with E-state index in [1.807, 2.05) is 52.0 Å². The number of carbonyl (C=O) groups is 2. The second-order valence-corrected chi connectivity index (χ2v) is 10.7. The molecular weight excluding hydrogens is 524 g/mol. The molecule has 1 unspecified atom stereocenters. The number of ketones is 1. The van der Waals surface area contributed by atoms with Crippen LogP contribution in [0.2, 0.25) is 0 Å². The van der Waals surface area contributed by atoms with E-state index in [0.717, 1.165) is 26.9 Å². The van der Waals surface area contributed by atoms with Gasteiger partial charge in [0.1, 0.15) is 12.4 Å². The molecule has 0 bridgehead atoms. The number of anilines is 1. The Kier molecular flexibility index (Phi) is 7.45. The lowest BCUT2D eigenvalue weighted by atomic mass is 9.95. The van der Waals surface area contributed by atoms with Crippen molar-refractivity contribution in [2.45, 2.75) is 33.7 Å². The number of benzene rings is 3. The molecule has 2 heterocycles.